The van der Waals surface area contributed by atoms with Gasteiger partial charge in [-0.1, -0.05) is 59.4 Å². The van der Waals surface area contributed by atoms with Crippen molar-refractivity contribution >= 4 is 23.4 Å². The Morgan fingerprint density at radius 1 is 1.19 bits per heavy atom. The second-order valence-corrected chi connectivity index (χ2v) is 8.28. The van der Waals surface area contributed by atoms with Crippen LogP contribution in [-0.2, 0) is 9.53 Å². The van der Waals surface area contributed by atoms with Crippen LogP contribution in [0.15, 0.2) is 69.6 Å². The number of ether oxygens (including phenoxy) is 1. The number of phenolic OH excluding ortho intramolecular Hbond substituents is 1. The van der Waals surface area contributed by atoms with Gasteiger partial charge >= 0.3 is 5.97 Å². The van der Waals surface area contributed by atoms with Crippen molar-refractivity contribution in [3.8, 4) is 5.75 Å². The molecule has 0 saturated heterocycles. The number of carbonyl (C=O) groups excluding carboxylic acids is 1. The largest absolute Gasteiger partial charge is 0.507 e. The van der Waals surface area contributed by atoms with E-state index in [1.807, 2.05) is 31.2 Å². The lowest BCUT2D eigenvalue weighted by Gasteiger charge is -2.24. The first-order chi connectivity index (χ1) is 14.9. The third-order valence-electron chi connectivity index (χ3n) is 5.13. The highest BCUT2D eigenvalue weighted by Gasteiger charge is 2.33. The Hall–Kier alpha value is -3.45. The lowest BCUT2D eigenvalue weighted by atomic mass is 9.95. The number of hydrogen-bond acceptors (Lipinski definition) is 6. The summed E-state index contributed by atoms with van der Waals surface area (Å²) in [5.41, 5.74) is 3.03. The Labute approximate surface area is 183 Å². The molecule has 31 heavy (non-hydrogen) atoms. The molecule has 0 spiro atoms. The quantitative estimate of drug-likeness (QED) is 0.641. The Balaban J connectivity index is 1.97. The predicted molar refractivity (Wildman–Crippen MR) is 120 cm³/mol. The van der Waals surface area contributed by atoms with Gasteiger partial charge in [-0.2, -0.15) is 0 Å². The van der Waals surface area contributed by atoms with Gasteiger partial charge in [-0.15, -0.1) is 0 Å². The second-order valence-electron chi connectivity index (χ2n) is 7.27. The fourth-order valence-corrected chi connectivity index (χ4v) is 4.64. The summed E-state index contributed by atoms with van der Waals surface area (Å²) in [6, 6.07) is 13.9. The number of esters is 1. The van der Waals surface area contributed by atoms with Crippen LogP contribution in [-0.4, -0.2) is 22.2 Å². The van der Waals surface area contributed by atoms with Crippen LogP contribution in [0.2, 0.25) is 0 Å². The first-order valence-electron chi connectivity index (χ1n) is 9.95. The zero-order valence-electron chi connectivity index (χ0n) is 17.5. The average Bonchev–Trinajstić information content (AvgIpc) is 3.04. The van der Waals surface area contributed by atoms with E-state index < -0.39 is 12.0 Å². The SMILES string of the molecule is CCOC(=O)C1=C(C)N=c2s/c(=C/c3ccccc3O)c(=O)n2[C@@H]1c1ccc(C)cc1. The molecule has 1 N–H and O–H groups in total. The molecule has 2 heterocycles. The molecule has 1 aromatic heterocycles. The number of aromatic hydroxyl groups is 1. The normalized spacial score (nSPS) is 16.1. The van der Waals surface area contributed by atoms with Crippen molar-refractivity contribution in [3.63, 3.8) is 0 Å². The summed E-state index contributed by atoms with van der Waals surface area (Å²) >= 11 is 1.23. The molecule has 0 radical (unpaired) electrons. The van der Waals surface area contributed by atoms with E-state index in [9.17, 15) is 14.7 Å². The zero-order valence-corrected chi connectivity index (χ0v) is 18.3. The fourth-order valence-electron chi connectivity index (χ4n) is 3.61. The number of benzene rings is 2. The van der Waals surface area contributed by atoms with E-state index in [4.69, 9.17) is 4.74 Å². The minimum Gasteiger partial charge on any atom is -0.507 e. The smallest absolute Gasteiger partial charge is 0.338 e. The maximum absolute atomic E-state index is 13.4. The molecule has 1 atom stereocenters. The van der Waals surface area contributed by atoms with Gasteiger partial charge in [-0.05, 0) is 38.5 Å². The van der Waals surface area contributed by atoms with Crippen molar-refractivity contribution in [2.24, 2.45) is 4.99 Å². The Kier molecular flexibility index (Phi) is 5.61. The van der Waals surface area contributed by atoms with Gasteiger partial charge in [0.05, 0.1) is 28.5 Å². The number of rotatable bonds is 4. The van der Waals surface area contributed by atoms with E-state index in [-0.39, 0.29) is 17.9 Å². The molecule has 6 nitrogen and oxygen atoms in total. The molecule has 0 bridgehead atoms. The van der Waals surface area contributed by atoms with Crippen LogP contribution in [0.5, 0.6) is 5.75 Å². The Morgan fingerprint density at radius 3 is 2.58 bits per heavy atom. The van der Waals surface area contributed by atoms with E-state index in [0.717, 1.165) is 11.1 Å². The molecule has 0 unspecified atom stereocenters. The average molecular weight is 435 g/mol. The highest BCUT2D eigenvalue weighted by atomic mass is 32.1. The van der Waals surface area contributed by atoms with Crippen molar-refractivity contribution in [3.05, 3.63) is 96.2 Å². The summed E-state index contributed by atoms with van der Waals surface area (Å²) in [4.78, 5) is 31.3. The molecule has 7 heteroatoms. The molecule has 0 amide bonds. The number of aryl methyl sites for hydroxylation is 1. The topological polar surface area (TPSA) is 80.9 Å². The van der Waals surface area contributed by atoms with Gasteiger partial charge in [0.1, 0.15) is 5.75 Å². The second kappa shape index (κ2) is 8.35. The predicted octanol–water partition coefficient (Wildman–Crippen LogP) is 2.81. The molecule has 2 aromatic carbocycles. The molecule has 1 aliphatic rings. The van der Waals surface area contributed by atoms with Crippen LogP contribution in [0, 0.1) is 6.92 Å². The van der Waals surface area contributed by atoms with Crippen LogP contribution >= 0.6 is 11.3 Å². The van der Waals surface area contributed by atoms with Crippen molar-refractivity contribution < 1.29 is 14.6 Å². The number of hydrogen-bond donors (Lipinski definition) is 1. The molecule has 0 aliphatic carbocycles. The van der Waals surface area contributed by atoms with Gasteiger partial charge in [0.2, 0.25) is 0 Å². The molecular formula is C24H22N2O4S. The maximum Gasteiger partial charge on any atom is 0.338 e. The van der Waals surface area contributed by atoms with E-state index in [0.29, 0.717) is 26.2 Å². The number of carbonyl (C=O) groups is 1. The van der Waals surface area contributed by atoms with Crippen LogP contribution in [0.1, 0.15) is 36.6 Å². The summed E-state index contributed by atoms with van der Waals surface area (Å²) < 4.78 is 7.26. The number of para-hydroxylation sites is 1. The third kappa shape index (κ3) is 3.84. The maximum atomic E-state index is 13.4. The molecule has 0 fully saturated rings. The Bertz CT molecular complexity index is 1360. The summed E-state index contributed by atoms with van der Waals surface area (Å²) in [5.74, 6) is -0.392. The van der Waals surface area contributed by atoms with E-state index in [1.54, 1.807) is 48.8 Å². The summed E-state index contributed by atoms with van der Waals surface area (Å²) in [5, 5.41) is 10.1. The van der Waals surface area contributed by atoms with Crippen LogP contribution < -0.4 is 14.9 Å². The summed E-state index contributed by atoms with van der Waals surface area (Å²) in [7, 11) is 0. The number of thiazole rings is 1. The van der Waals surface area contributed by atoms with Gasteiger partial charge in [-0.3, -0.25) is 9.36 Å². The van der Waals surface area contributed by atoms with Gasteiger partial charge in [-0.25, -0.2) is 9.79 Å². The lowest BCUT2D eigenvalue weighted by Crippen LogP contribution is -2.39. The van der Waals surface area contributed by atoms with E-state index in [2.05, 4.69) is 4.99 Å². The van der Waals surface area contributed by atoms with Crippen LogP contribution in [0.3, 0.4) is 0 Å². The van der Waals surface area contributed by atoms with E-state index in [1.165, 1.54) is 11.3 Å². The number of aromatic nitrogens is 1. The lowest BCUT2D eigenvalue weighted by molar-refractivity contribution is -0.139. The van der Waals surface area contributed by atoms with Gasteiger partial charge in [0, 0.05) is 5.56 Å². The zero-order chi connectivity index (χ0) is 22.1. The van der Waals surface area contributed by atoms with Gasteiger partial charge in [0.15, 0.2) is 4.80 Å². The first-order valence-corrected chi connectivity index (χ1v) is 10.8. The van der Waals surface area contributed by atoms with Crippen molar-refractivity contribution in [2.75, 3.05) is 6.61 Å². The Morgan fingerprint density at radius 2 is 1.90 bits per heavy atom. The van der Waals surface area contributed by atoms with Crippen molar-refractivity contribution in [1.29, 1.82) is 0 Å². The minimum atomic E-state index is -0.637. The first kappa shape index (κ1) is 20.8. The third-order valence-corrected chi connectivity index (χ3v) is 6.12. The molecule has 158 valence electrons. The molecular weight excluding hydrogens is 412 g/mol. The fraction of sp³-hybridized carbons (Fsp3) is 0.208. The van der Waals surface area contributed by atoms with Crippen LogP contribution in [0.25, 0.3) is 6.08 Å². The minimum absolute atomic E-state index is 0.0896. The van der Waals surface area contributed by atoms with Crippen molar-refractivity contribution in [1.82, 2.24) is 4.57 Å². The highest BCUT2D eigenvalue weighted by molar-refractivity contribution is 7.07. The monoisotopic (exact) mass is 434 g/mol. The van der Waals surface area contributed by atoms with Crippen molar-refractivity contribution in [2.45, 2.75) is 26.8 Å². The number of phenols is 1. The van der Waals surface area contributed by atoms with Crippen LogP contribution in [0.4, 0.5) is 0 Å². The highest BCUT2D eigenvalue weighted by Crippen LogP contribution is 2.30. The van der Waals surface area contributed by atoms with Gasteiger partial charge in [0.25, 0.3) is 5.56 Å². The molecule has 1 aliphatic heterocycles. The molecule has 0 saturated carbocycles. The number of nitrogens with zero attached hydrogens (tertiary/aromatic N) is 2. The molecule has 4 rings (SSSR count). The number of fused-ring (bicyclic) bond motifs is 1. The summed E-state index contributed by atoms with van der Waals surface area (Å²) in [6.45, 7) is 5.71. The standard InChI is InChI=1S/C24H22N2O4S/c1-4-30-23(29)20-15(3)25-24-26(21(20)16-11-9-14(2)10-12-16)22(28)19(31-24)13-17-7-5-6-8-18(17)27/h5-13,21,27H,4H2,1-3H3/b19-13+/t21-/m1/s1. The van der Waals surface area contributed by atoms with E-state index >= 15 is 0 Å². The van der Waals surface area contributed by atoms with Gasteiger partial charge < -0.3 is 9.84 Å². The number of allylic oxidation sites excluding steroid dienone is 1. The molecule has 3 aromatic rings. The summed E-state index contributed by atoms with van der Waals surface area (Å²) in [6.07, 6.45) is 1.65.